The van der Waals surface area contributed by atoms with E-state index in [1.54, 1.807) is 0 Å². The molecule has 0 bridgehead atoms. The molecule has 1 aromatic rings. The van der Waals surface area contributed by atoms with E-state index >= 15 is 0 Å². The Morgan fingerprint density at radius 3 is 2.41 bits per heavy atom. The molecule has 0 amide bonds. The Bertz CT molecular complexity index is 497. The average molecular weight is 305 g/mol. The first kappa shape index (κ1) is 12.2. The van der Waals surface area contributed by atoms with Crippen LogP contribution in [0.1, 0.15) is 24.8 Å². The van der Waals surface area contributed by atoms with Crippen LogP contribution in [0, 0.1) is 5.82 Å². The number of hydrogen-bond acceptors (Lipinski definition) is 3. The molecular weight excluding hydrogens is 295 g/mol. The van der Waals surface area contributed by atoms with Gasteiger partial charge >= 0.3 is 5.97 Å². The first-order valence-electron chi connectivity index (χ1n) is 5.04. The lowest BCUT2D eigenvalue weighted by Crippen LogP contribution is -2.43. The zero-order valence-electron chi connectivity index (χ0n) is 8.70. The Morgan fingerprint density at radius 1 is 1.41 bits per heavy atom. The number of benzene rings is 1. The highest BCUT2D eigenvalue weighted by atomic mass is 79.9. The van der Waals surface area contributed by atoms with E-state index in [-0.39, 0.29) is 10.0 Å². The Kier molecular flexibility index (Phi) is 2.77. The fourth-order valence-electron chi connectivity index (χ4n) is 2.14. The third-order valence-corrected chi connectivity index (χ3v) is 3.89. The van der Waals surface area contributed by atoms with Crippen molar-refractivity contribution in [1.29, 1.82) is 0 Å². The van der Waals surface area contributed by atoms with Gasteiger partial charge in [0.05, 0.1) is 5.41 Å². The highest BCUT2D eigenvalue weighted by Crippen LogP contribution is 2.50. The smallest absolute Gasteiger partial charge is 0.314 e. The Balaban J connectivity index is 2.67. The number of carbonyl (C=O) groups is 1. The van der Waals surface area contributed by atoms with Crippen molar-refractivity contribution in [3.8, 4) is 11.5 Å². The molecule has 0 radical (unpaired) electrons. The maximum Gasteiger partial charge on any atom is 0.314 e. The number of aliphatic carboxylic acids is 1. The second-order valence-corrected chi connectivity index (χ2v) is 5.01. The molecule has 0 atom stereocenters. The molecular formula is C11H10BrFO4. The van der Waals surface area contributed by atoms with Crippen LogP contribution in [-0.4, -0.2) is 21.3 Å². The Morgan fingerprint density at radius 2 is 2.00 bits per heavy atom. The summed E-state index contributed by atoms with van der Waals surface area (Å²) in [6, 6.07) is 1.11. The van der Waals surface area contributed by atoms with Crippen molar-refractivity contribution in [3.05, 3.63) is 21.9 Å². The van der Waals surface area contributed by atoms with Crippen LogP contribution in [0.25, 0.3) is 0 Å². The van der Waals surface area contributed by atoms with Crippen LogP contribution in [0.4, 0.5) is 4.39 Å². The van der Waals surface area contributed by atoms with E-state index in [1.807, 2.05) is 0 Å². The molecule has 92 valence electrons. The third-order valence-electron chi connectivity index (χ3n) is 3.27. The summed E-state index contributed by atoms with van der Waals surface area (Å²) in [7, 11) is 0. The lowest BCUT2D eigenvalue weighted by atomic mass is 9.64. The Labute approximate surface area is 105 Å². The van der Waals surface area contributed by atoms with Crippen molar-refractivity contribution in [1.82, 2.24) is 0 Å². The lowest BCUT2D eigenvalue weighted by Gasteiger charge is -2.38. The van der Waals surface area contributed by atoms with Crippen LogP contribution in [0.2, 0.25) is 0 Å². The molecule has 6 heteroatoms. The summed E-state index contributed by atoms with van der Waals surface area (Å²) in [6.45, 7) is 0. The minimum absolute atomic E-state index is 0.0912. The van der Waals surface area contributed by atoms with E-state index in [2.05, 4.69) is 15.9 Å². The fourth-order valence-corrected chi connectivity index (χ4v) is 2.91. The van der Waals surface area contributed by atoms with Crippen molar-refractivity contribution in [2.45, 2.75) is 24.7 Å². The van der Waals surface area contributed by atoms with Gasteiger partial charge in [0.2, 0.25) is 0 Å². The summed E-state index contributed by atoms with van der Waals surface area (Å²) in [5, 5.41) is 27.8. The highest BCUT2D eigenvalue weighted by molar-refractivity contribution is 9.10. The molecule has 1 aliphatic rings. The molecule has 0 unspecified atom stereocenters. The Hall–Kier alpha value is -1.30. The monoisotopic (exact) mass is 304 g/mol. The van der Waals surface area contributed by atoms with Gasteiger partial charge in [-0.3, -0.25) is 4.79 Å². The molecule has 1 fully saturated rings. The standard InChI is InChI=1S/C11H10BrFO4/c12-5-4-6(14)9(15)8(13)7(5)11(10(16)17)2-1-3-11/h4,14-15H,1-3H2,(H,16,17). The number of carboxylic acid groups (broad SMARTS) is 1. The second kappa shape index (κ2) is 3.87. The van der Waals surface area contributed by atoms with Crippen LogP contribution in [-0.2, 0) is 10.2 Å². The zero-order chi connectivity index (χ0) is 12.8. The molecule has 1 aliphatic carbocycles. The van der Waals surface area contributed by atoms with Crippen LogP contribution in [0.5, 0.6) is 11.5 Å². The van der Waals surface area contributed by atoms with Gasteiger partial charge in [-0.2, -0.15) is 0 Å². The number of phenols is 2. The van der Waals surface area contributed by atoms with E-state index < -0.39 is 28.7 Å². The molecule has 1 aromatic carbocycles. The summed E-state index contributed by atoms with van der Waals surface area (Å²) in [5.41, 5.74) is -1.39. The summed E-state index contributed by atoms with van der Waals surface area (Å²) in [6.07, 6.45) is 1.34. The largest absolute Gasteiger partial charge is 0.504 e. The predicted molar refractivity (Wildman–Crippen MR) is 60.6 cm³/mol. The fraction of sp³-hybridized carbons (Fsp3) is 0.364. The van der Waals surface area contributed by atoms with Gasteiger partial charge in [0.15, 0.2) is 17.3 Å². The van der Waals surface area contributed by atoms with E-state index in [9.17, 15) is 24.5 Å². The summed E-state index contributed by atoms with van der Waals surface area (Å²) in [4.78, 5) is 11.3. The molecule has 4 nitrogen and oxygen atoms in total. The maximum absolute atomic E-state index is 13.9. The van der Waals surface area contributed by atoms with Crippen LogP contribution >= 0.6 is 15.9 Å². The van der Waals surface area contributed by atoms with Gasteiger partial charge in [0.1, 0.15) is 0 Å². The molecule has 0 saturated heterocycles. The SMILES string of the molecule is O=C(O)C1(c2c(Br)cc(O)c(O)c2F)CCC1. The van der Waals surface area contributed by atoms with Crippen LogP contribution in [0.3, 0.4) is 0 Å². The van der Waals surface area contributed by atoms with E-state index in [0.29, 0.717) is 19.3 Å². The number of rotatable bonds is 2. The topological polar surface area (TPSA) is 77.8 Å². The third kappa shape index (κ3) is 1.58. The van der Waals surface area contributed by atoms with E-state index in [1.165, 1.54) is 0 Å². The number of aromatic hydroxyl groups is 2. The number of halogens is 2. The minimum atomic E-state index is -1.30. The van der Waals surface area contributed by atoms with Gasteiger partial charge in [0.25, 0.3) is 0 Å². The van der Waals surface area contributed by atoms with Crippen molar-refractivity contribution in [2.75, 3.05) is 0 Å². The molecule has 0 aromatic heterocycles. The number of carboxylic acids is 1. The summed E-state index contributed by atoms with van der Waals surface area (Å²) < 4.78 is 14.1. The molecule has 0 heterocycles. The van der Waals surface area contributed by atoms with E-state index in [4.69, 9.17) is 0 Å². The lowest BCUT2D eigenvalue weighted by molar-refractivity contribution is -0.147. The predicted octanol–water partition coefficient (Wildman–Crippen LogP) is 2.51. The molecule has 2 rings (SSSR count). The minimum Gasteiger partial charge on any atom is -0.504 e. The molecule has 1 saturated carbocycles. The first-order valence-corrected chi connectivity index (χ1v) is 5.83. The highest BCUT2D eigenvalue weighted by Gasteiger charge is 2.49. The molecule has 0 spiro atoms. The van der Waals surface area contributed by atoms with Gasteiger partial charge in [-0.1, -0.05) is 22.4 Å². The number of phenolic OH excluding ortho intramolecular Hbond substituents is 2. The quantitative estimate of drug-likeness (QED) is 0.734. The second-order valence-electron chi connectivity index (χ2n) is 4.16. The molecule has 17 heavy (non-hydrogen) atoms. The maximum atomic E-state index is 13.9. The summed E-state index contributed by atoms with van der Waals surface area (Å²) >= 11 is 3.04. The van der Waals surface area contributed by atoms with Gasteiger partial charge in [-0.15, -0.1) is 0 Å². The number of hydrogen-bond donors (Lipinski definition) is 3. The van der Waals surface area contributed by atoms with Gasteiger partial charge < -0.3 is 15.3 Å². The molecule has 3 N–H and O–H groups in total. The average Bonchev–Trinajstić information content (AvgIpc) is 2.17. The molecule has 0 aliphatic heterocycles. The van der Waals surface area contributed by atoms with Gasteiger partial charge in [-0.05, 0) is 18.9 Å². The first-order chi connectivity index (χ1) is 7.90. The van der Waals surface area contributed by atoms with Crippen molar-refractivity contribution < 1.29 is 24.5 Å². The zero-order valence-corrected chi connectivity index (χ0v) is 10.3. The summed E-state index contributed by atoms with van der Waals surface area (Å²) in [5.74, 6) is -3.71. The van der Waals surface area contributed by atoms with Gasteiger partial charge in [0, 0.05) is 10.0 Å². The van der Waals surface area contributed by atoms with Crippen molar-refractivity contribution in [2.24, 2.45) is 0 Å². The van der Waals surface area contributed by atoms with Crippen molar-refractivity contribution >= 4 is 21.9 Å². The van der Waals surface area contributed by atoms with Crippen LogP contribution in [0.15, 0.2) is 10.5 Å². The van der Waals surface area contributed by atoms with Gasteiger partial charge in [-0.25, -0.2) is 4.39 Å². The van der Waals surface area contributed by atoms with Crippen molar-refractivity contribution in [3.63, 3.8) is 0 Å². The normalized spacial score (nSPS) is 17.5. The van der Waals surface area contributed by atoms with Crippen LogP contribution < -0.4 is 0 Å². The van der Waals surface area contributed by atoms with E-state index in [0.717, 1.165) is 6.07 Å².